The number of furan rings is 1. The number of rotatable bonds is 5. The molecule has 0 saturated heterocycles. The summed E-state index contributed by atoms with van der Waals surface area (Å²) in [5.74, 6) is 0.802. The summed E-state index contributed by atoms with van der Waals surface area (Å²) < 4.78 is 8.34. The Morgan fingerprint density at radius 2 is 1.21 bits per heavy atom. The van der Waals surface area contributed by atoms with Gasteiger partial charge in [-0.3, -0.25) is 4.98 Å². The molecule has 4 nitrogen and oxygen atoms in total. The summed E-state index contributed by atoms with van der Waals surface area (Å²) in [5, 5.41) is 3.29. The molecule has 0 unspecified atom stereocenters. The topological polar surface area (TPSA) is 43.9 Å². The number of imidazole rings is 1. The van der Waals surface area contributed by atoms with Gasteiger partial charge >= 0.3 is 0 Å². The molecule has 0 spiro atoms. The van der Waals surface area contributed by atoms with Crippen molar-refractivity contribution in [1.82, 2.24) is 14.5 Å². The molecule has 3 aromatic heterocycles. The Kier molecular flexibility index (Phi) is 9.59. The van der Waals surface area contributed by atoms with Crippen molar-refractivity contribution in [2.24, 2.45) is 0 Å². The zero-order valence-corrected chi connectivity index (χ0v) is 30.9. The molecule has 0 N–H and O–H groups in total. The number of pyridine rings is 1. The second-order valence-corrected chi connectivity index (χ2v) is 12.5. The van der Waals surface area contributed by atoms with Gasteiger partial charge in [-0.1, -0.05) is 150 Å². The molecular formula is C48H31IrN3O-2. The van der Waals surface area contributed by atoms with Gasteiger partial charge in [0.15, 0.2) is 0 Å². The van der Waals surface area contributed by atoms with E-state index in [1.807, 2.05) is 54.6 Å². The first-order valence-corrected chi connectivity index (χ1v) is 17.2. The number of hydrogen-bond donors (Lipinski definition) is 0. The predicted molar refractivity (Wildman–Crippen MR) is 212 cm³/mol. The summed E-state index contributed by atoms with van der Waals surface area (Å²) in [7, 11) is 0. The Labute approximate surface area is 321 Å². The van der Waals surface area contributed by atoms with Gasteiger partial charge in [-0.25, -0.2) is 0 Å². The molecule has 0 aliphatic rings. The number of aromatic nitrogens is 3. The average molecular weight is 858 g/mol. The Morgan fingerprint density at radius 1 is 0.566 bits per heavy atom. The predicted octanol–water partition coefficient (Wildman–Crippen LogP) is 12.3. The molecule has 1 radical (unpaired) electrons. The zero-order chi connectivity index (χ0) is 34.7. The Morgan fingerprint density at radius 3 is 1.89 bits per heavy atom. The van der Waals surface area contributed by atoms with Crippen LogP contribution in [0.1, 0.15) is 0 Å². The second kappa shape index (κ2) is 15.1. The van der Waals surface area contributed by atoms with Crippen LogP contribution in [0.15, 0.2) is 193 Å². The van der Waals surface area contributed by atoms with Gasteiger partial charge in [0.1, 0.15) is 0 Å². The third-order valence-corrected chi connectivity index (χ3v) is 9.24. The van der Waals surface area contributed by atoms with Crippen molar-refractivity contribution in [3.05, 3.63) is 201 Å². The maximum Gasteiger partial charge on any atom is 0.0774 e. The van der Waals surface area contributed by atoms with Crippen LogP contribution in [0, 0.1) is 12.3 Å². The van der Waals surface area contributed by atoms with Crippen LogP contribution in [0.2, 0.25) is 0 Å². The van der Waals surface area contributed by atoms with Crippen molar-refractivity contribution in [2.45, 2.75) is 0 Å². The molecule has 0 bridgehead atoms. The summed E-state index contributed by atoms with van der Waals surface area (Å²) in [6.07, 6.45) is 5.02. The first kappa shape index (κ1) is 33.7. The van der Waals surface area contributed by atoms with Gasteiger partial charge in [0.2, 0.25) is 0 Å². The van der Waals surface area contributed by atoms with Crippen molar-refractivity contribution >= 4 is 32.8 Å². The van der Waals surface area contributed by atoms with Crippen LogP contribution in [-0.4, -0.2) is 14.5 Å². The van der Waals surface area contributed by atoms with Gasteiger partial charge in [-0.05, 0) is 45.8 Å². The molecule has 10 rings (SSSR count). The SMILES string of the molecule is [Ir].[c-]1ccccc1-c1ccccn1.[c-]1oc2cc3ccccc3cc2c1-c1nc2ccccc2n1-c1c(-c2ccccc2)cccc1-c1ccccc1. The summed E-state index contributed by atoms with van der Waals surface area (Å²) in [6.45, 7) is 0. The molecule has 0 fully saturated rings. The van der Waals surface area contributed by atoms with Crippen LogP contribution in [0.3, 0.4) is 0 Å². The summed E-state index contributed by atoms with van der Waals surface area (Å²) in [6, 6.07) is 65.4. The first-order chi connectivity index (χ1) is 25.8. The maximum absolute atomic E-state index is 6.05. The number of nitrogens with zero attached hydrogens (tertiary/aromatic N) is 3. The molecule has 3 heterocycles. The third-order valence-electron chi connectivity index (χ3n) is 9.24. The normalized spacial score (nSPS) is 10.9. The van der Waals surface area contributed by atoms with Gasteiger partial charge in [0.05, 0.1) is 22.5 Å². The van der Waals surface area contributed by atoms with E-state index in [0.29, 0.717) is 0 Å². The molecular weight excluding hydrogens is 827 g/mol. The fraction of sp³-hybridized carbons (Fsp3) is 0. The molecule has 0 aliphatic heterocycles. The second-order valence-electron chi connectivity index (χ2n) is 12.5. The van der Waals surface area contributed by atoms with Crippen LogP contribution in [0.25, 0.3) is 83.4 Å². The minimum Gasteiger partial charge on any atom is -0.557 e. The molecule has 0 atom stereocenters. The van der Waals surface area contributed by atoms with Crippen LogP contribution < -0.4 is 0 Å². The summed E-state index contributed by atoms with van der Waals surface area (Å²) >= 11 is 0. The van der Waals surface area contributed by atoms with E-state index in [-0.39, 0.29) is 20.1 Å². The van der Waals surface area contributed by atoms with E-state index in [1.54, 1.807) is 6.20 Å². The van der Waals surface area contributed by atoms with E-state index >= 15 is 0 Å². The van der Waals surface area contributed by atoms with Crippen molar-refractivity contribution in [1.29, 1.82) is 0 Å². The standard InChI is InChI=1S/C37H23N2O.C11H8N.Ir/c1-3-12-25(13-4-1)29-18-11-19-30(26-14-5-2-6-15-26)36(29)39-34-21-10-9-20-33(34)38-37(39)32-24-40-35-23-28-17-8-7-16-27(28)22-31(32)35;1-2-6-10(7-3-1)11-8-4-5-9-12-11;/h1-23H;1-6,8-9H;/q2*-1;. The van der Waals surface area contributed by atoms with Gasteiger partial charge in [-0.2, -0.15) is 0 Å². The summed E-state index contributed by atoms with van der Waals surface area (Å²) in [5.41, 5.74) is 11.2. The van der Waals surface area contributed by atoms with Crippen LogP contribution in [0.4, 0.5) is 0 Å². The Bertz CT molecular complexity index is 2680. The van der Waals surface area contributed by atoms with Gasteiger partial charge in [0, 0.05) is 49.3 Å². The molecule has 7 aromatic carbocycles. The third kappa shape index (κ3) is 6.60. The minimum absolute atomic E-state index is 0. The molecule has 0 aliphatic carbocycles. The van der Waals surface area contributed by atoms with E-state index in [9.17, 15) is 0 Å². The van der Waals surface area contributed by atoms with E-state index in [1.165, 1.54) is 0 Å². The molecule has 10 aromatic rings. The largest absolute Gasteiger partial charge is 0.557 e. The molecule has 53 heavy (non-hydrogen) atoms. The fourth-order valence-corrected chi connectivity index (χ4v) is 6.81. The number of benzene rings is 7. The number of para-hydroxylation sites is 3. The van der Waals surface area contributed by atoms with Crippen molar-refractivity contribution < 1.29 is 24.5 Å². The Hall–Kier alpha value is -6.39. The molecule has 5 heteroatoms. The maximum atomic E-state index is 6.05. The average Bonchev–Trinajstić information content (AvgIpc) is 3.82. The van der Waals surface area contributed by atoms with E-state index in [4.69, 9.17) is 9.40 Å². The van der Waals surface area contributed by atoms with E-state index in [0.717, 1.165) is 83.4 Å². The molecule has 0 amide bonds. The van der Waals surface area contributed by atoms with Crippen LogP contribution >= 0.6 is 0 Å². The summed E-state index contributed by atoms with van der Waals surface area (Å²) in [4.78, 5) is 9.42. The monoisotopic (exact) mass is 858 g/mol. The van der Waals surface area contributed by atoms with E-state index in [2.05, 4.69) is 149 Å². The smallest absolute Gasteiger partial charge is 0.0774 e. The van der Waals surface area contributed by atoms with E-state index < -0.39 is 0 Å². The molecule has 255 valence electrons. The number of hydrogen-bond acceptors (Lipinski definition) is 3. The Balaban J connectivity index is 0.000000262. The zero-order valence-electron chi connectivity index (χ0n) is 28.5. The van der Waals surface area contributed by atoms with Crippen molar-refractivity contribution in [3.63, 3.8) is 0 Å². The van der Waals surface area contributed by atoms with Gasteiger partial charge in [-0.15, -0.1) is 35.9 Å². The number of fused-ring (bicyclic) bond motifs is 3. The fourth-order valence-electron chi connectivity index (χ4n) is 6.81. The van der Waals surface area contributed by atoms with Crippen molar-refractivity contribution in [2.75, 3.05) is 0 Å². The van der Waals surface area contributed by atoms with Gasteiger partial charge < -0.3 is 14.0 Å². The van der Waals surface area contributed by atoms with Crippen LogP contribution in [0.5, 0.6) is 0 Å². The minimum atomic E-state index is 0. The first-order valence-electron chi connectivity index (χ1n) is 17.2. The van der Waals surface area contributed by atoms with Crippen molar-refractivity contribution in [3.8, 4) is 50.6 Å². The molecule has 0 saturated carbocycles. The van der Waals surface area contributed by atoms with Crippen LogP contribution in [-0.2, 0) is 20.1 Å². The van der Waals surface area contributed by atoms with Gasteiger partial charge in [0.25, 0.3) is 0 Å². The quantitative estimate of drug-likeness (QED) is 0.162.